The lowest BCUT2D eigenvalue weighted by Gasteiger charge is -2.12. The first-order valence-corrected chi connectivity index (χ1v) is 10.0. The number of nitrogens with one attached hydrogen (secondary N) is 2. The van der Waals surface area contributed by atoms with Gasteiger partial charge in [-0.25, -0.2) is 8.42 Å². The minimum Gasteiger partial charge on any atom is -0.497 e. The van der Waals surface area contributed by atoms with Gasteiger partial charge in [0.1, 0.15) is 5.75 Å². The van der Waals surface area contributed by atoms with Gasteiger partial charge >= 0.3 is 0 Å². The molecule has 0 bridgehead atoms. The average molecular weight is 396 g/mol. The zero-order valence-electron chi connectivity index (χ0n) is 15.5. The first kappa shape index (κ1) is 19.4. The minimum atomic E-state index is -3.69. The molecule has 28 heavy (non-hydrogen) atoms. The summed E-state index contributed by atoms with van der Waals surface area (Å²) in [4.78, 5) is 12.7. The van der Waals surface area contributed by atoms with Crippen LogP contribution in [0.25, 0.3) is 0 Å². The molecule has 0 aromatic heterocycles. The summed E-state index contributed by atoms with van der Waals surface area (Å²) >= 11 is 0. The summed E-state index contributed by atoms with van der Waals surface area (Å²) in [7, 11) is -2.13. The van der Waals surface area contributed by atoms with E-state index in [2.05, 4.69) is 10.0 Å². The first-order valence-electron chi connectivity index (χ1n) is 8.53. The highest BCUT2D eigenvalue weighted by Gasteiger charge is 2.16. The molecule has 0 saturated heterocycles. The van der Waals surface area contributed by atoms with Crippen molar-refractivity contribution in [3.05, 3.63) is 83.9 Å². The zero-order valence-corrected chi connectivity index (χ0v) is 16.3. The van der Waals surface area contributed by atoms with E-state index in [9.17, 15) is 13.2 Å². The third kappa shape index (κ3) is 4.50. The molecule has 3 aromatic carbocycles. The highest BCUT2D eigenvalue weighted by atomic mass is 32.2. The molecule has 0 fully saturated rings. The molecule has 0 radical (unpaired) electrons. The van der Waals surface area contributed by atoms with Gasteiger partial charge in [0.05, 0.1) is 17.7 Å². The molecule has 0 spiro atoms. The van der Waals surface area contributed by atoms with Crippen LogP contribution in [-0.4, -0.2) is 21.4 Å². The number of anilines is 2. The number of rotatable bonds is 6. The second kappa shape index (κ2) is 8.14. The van der Waals surface area contributed by atoms with Crippen LogP contribution in [0.4, 0.5) is 11.4 Å². The van der Waals surface area contributed by atoms with Crippen LogP contribution in [0.3, 0.4) is 0 Å². The molecule has 1 amide bonds. The average Bonchev–Trinajstić information content (AvgIpc) is 2.70. The molecule has 0 heterocycles. The Morgan fingerprint density at radius 1 is 0.929 bits per heavy atom. The predicted molar refractivity (Wildman–Crippen MR) is 109 cm³/mol. The van der Waals surface area contributed by atoms with E-state index >= 15 is 0 Å². The Morgan fingerprint density at radius 3 is 2.36 bits per heavy atom. The van der Waals surface area contributed by atoms with Gasteiger partial charge in [-0.2, -0.15) is 0 Å². The van der Waals surface area contributed by atoms with E-state index in [1.807, 2.05) is 0 Å². The second-order valence-corrected chi connectivity index (χ2v) is 7.82. The maximum absolute atomic E-state index is 12.5. The molecule has 6 nitrogen and oxygen atoms in total. The smallest absolute Gasteiger partial charge is 0.261 e. The Bertz CT molecular complexity index is 1100. The van der Waals surface area contributed by atoms with Crippen molar-refractivity contribution in [2.75, 3.05) is 17.1 Å². The van der Waals surface area contributed by atoms with Crippen LogP contribution in [-0.2, 0) is 10.0 Å². The normalized spacial score (nSPS) is 10.9. The quantitative estimate of drug-likeness (QED) is 0.658. The Kier molecular flexibility index (Phi) is 5.65. The number of methoxy groups -OCH3 is 1. The third-order valence-corrected chi connectivity index (χ3v) is 5.50. The minimum absolute atomic E-state index is 0.175. The van der Waals surface area contributed by atoms with Crippen molar-refractivity contribution in [3.8, 4) is 5.75 Å². The van der Waals surface area contributed by atoms with Gasteiger partial charge in [0.2, 0.25) is 0 Å². The molecule has 0 saturated carbocycles. The van der Waals surface area contributed by atoms with Crippen molar-refractivity contribution >= 4 is 27.3 Å². The first-order chi connectivity index (χ1) is 13.4. The summed E-state index contributed by atoms with van der Waals surface area (Å²) in [5, 5.41) is 2.80. The van der Waals surface area contributed by atoms with Crippen molar-refractivity contribution in [1.29, 1.82) is 0 Å². The molecule has 0 aliphatic rings. The van der Waals surface area contributed by atoms with E-state index in [4.69, 9.17) is 4.74 Å². The fourth-order valence-electron chi connectivity index (χ4n) is 2.63. The van der Waals surface area contributed by atoms with Gasteiger partial charge in [-0.05, 0) is 55.0 Å². The Hall–Kier alpha value is -3.32. The van der Waals surface area contributed by atoms with Gasteiger partial charge in [0.25, 0.3) is 15.9 Å². The fraction of sp³-hybridized carbons (Fsp3) is 0.0952. The molecule has 3 rings (SSSR count). The molecular formula is C21H20N2O4S. The highest BCUT2D eigenvalue weighted by molar-refractivity contribution is 7.92. The maximum atomic E-state index is 12.5. The van der Waals surface area contributed by atoms with Crippen LogP contribution in [0.5, 0.6) is 5.75 Å². The molecule has 0 aliphatic carbocycles. The topological polar surface area (TPSA) is 84.5 Å². The van der Waals surface area contributed by atoms with Crippen molar-refractivity contribution < 1.29 is 17.9 Å². The molecule has 0 unspecified atom stereocenters. The molecule has 7 heteroatoms. The predicted octanol–water partition coefficient (Wildman–Crippen LogP) is 4.06. The summed E-state index contributed by atoms with van der Waals surface area (Å²) in [6.45, 7) is 1.74. The monoisotopic (exact) mass is 396 g/mol. The lowest BCUT2D eigenvalue weighted by Crippen LogP contribution is -2.15. The van der Waals surface area contributed by atoms with Gasteiger partial charge in [-0.1, -0.05) is 24.3 Å². The highest BCUT2D eigenvalue weighted by Crippen LogP contribution is 2.22. The second-order valence-electron chi connectivity index (χ2n) is 6.13. The van der Waals surface area contributed by atoms with Crippen LogP contribution in [0.2, 0.25) is 0 Å². The molecule has 144 valence electrons. The Balaban J connectivity index is 1.77. The van der Waals surface area contributed by atoms with Gasteiger partial charge in [0, 0.05) is 17.3 Å². The summed E-state index contributed by atoms with van der Waals surface area (Å²) in [5.74, 6) is 0.341. The van der Waals surface area contributed by atoms with E-state index < -0.39 is 10.0 Å². The number of carbonyl (C=O) groups excluding carboxylic acids is 1. The van der Waals surface area contributed by atoms with Crippen LogP contribution in [0.15, 0.2) is 77.7 Å². The largest absolute Gasteiger partial charge is 0.497 e. The molecule has 3 aromatic rings. The van der Waals surface area contributed by atoms with E-state index in [1.54, 1.807) is 74.7 Å². The van der Waals surface area contributed by atoms with Crippen LogP contribution < -0.4 is 14.8 Å². The number of amides is 1. The van der Waals surface area contributed by atoms with Gasteiger partial charge in [-0.15, -0.1) is 0 Å². The molecule has 0 atom stereocenters. The summed E-state index contributed by atoms with van der Waals surface area (Å²) in [6, 6.07) is 19.9. The van der Waals surface area contributed by atoms with Gasteiger partial charge in [0.15, 0.2) is 0 Å². The lowest BCUT2D eigenvalue weighted by molar-refractivity contribution is 0.102. The third-order valence-electron chi connectivity index (χ3n) is 4.11. The standard InChI is InChI=1S/C21H20N2O4S/c1-15-13-16(21(24)22-17-7-6-8-18(14-17)27-2)11-12-20(15)23-28(25,26)19-9-4-3-5-10-19/h3-14,23H,1-2H3,(H,22,24). The summed E-state index contributed by atoms with van der Waals surface area (Å²) in [6.07, 6.45) is 0. The number of hydrogen-bond acceptors (Lipinski definition) is 4. The van der Waals surface area contributed by atoms with Gasteiger partial charge in [-0.3, -0.25) is 9.52 Å². The number of hydrogen-bond donors (Lipinski definition) is 2. The fourth-order valence-corrected chi connectivity index (χ4v) is 3.78. The number of carbonyl (C=O) groups is 1. The molecular weight excluding hydrogens is 376 g/mol. The van der Waals surface area contributed by atoms with E-state index in [0.29, 0.717) is 28.3 Å². The SMILES string of the molecule is COc1cccc(NC(=O)c2ccc(NS(=O)(=O)c3ccccc3)c(C)c2)c1. The number of aryl methyl sites for hydroxylation is 1. The van der Waals surface area contributed by atoms with Crippen molar-refractivity contribution in [2.45, 2.75) is 11.8 Å². The number of ether oxygens (including phenoxy) is 1. The zero-order chi connectivity index (χ0) is 20.1. The Labute approximate surface area is 164 Å². The van der Waals surface area contributed by atoms with Gasteiger partial charge < -0.3 is 10.1 Å². The summed E-state index contributed by atoms with van der Waals surface area (Å²) in [5.41, 5.74) is 2.08. The maximum Gasteiger partial charge on any atom is 0.261 e. The van der Waals surface area contributed by atoms with Crippen molar-refractivity contribution in [1.82, 2.24) is 0 Å². The van der Waals surface area contributed by atoms with Crippen LogP contribution in [0.1, 0.15) is 15.9 Å². The van der Waals surface area contributed by atoms with Crippen molar-refractivity contribution in [3.63, 3.8) is 0 Å². The number of benzene rings is 3. The van der Waals surface area contributed by atoms with E-state index in [0.717, 1.165) is 0 Å². The van der Waals surface area contributed by atoms with E-state index in [1.165, 1.54) is 12.1 Å². The van der Waals surface area contributed by atoms with Crippen molar-refractivity contribution in [2.24, 2.45) is 0 Å². The summed E-state index contributed by atoms with van der Waals surface area (Å²) < 4.78 is 32.6. The number of sulfonamides is 1. The molecule has 0 aliphatic heterocycles. The van der Waals surface area contributed by atoms with Crippen LogP contribution >= 0.6 is 0 Å². The Morgan fingerprint density at radius 2 is 1.68 bits per heavy atom. The molecule has 2 N–H and O–H groups in total. The van der Waals surface area contributed by atoms with E-state index in [-0.39, 0.29) is 10.8 Å². The van der Waals surface area contributed by atoms with Crippen LogP contribution in [0, 0.1) is 6.92 Å². The lowest BCUT2D eigenvalue weighted by atomic mass is 10.1.